The summed E-state index contributed by atoms with van der Waals surface area (Å²) in [6.45, 7) is 3.88. The van der Waals surface area contributed by atoms with Crippen molar-refractivity contribution < 1.29 is 13.4 Å². The molecular formula is C23H19FN2O2S. The minimum Gasteiger partial charge on any atom is -0.266 e. The lowest BCUT2D eigenvalue weighted by Gasteiger charge is -2.07. The third kappa shape index (κ3) is 5.15. The molecule has 1 aromatic heterocycles. The van der Waals surface area contributed by atoms with Gasteiger partial charge in [0.2, 0.25) is 0 Å². The van der Waals surface area contributed by atoms with Gasteiger partial charge in [-0.05, 0) is 61.4 Å². The Morgan fingerprint density at radius 3 is 2.48 bits per heavy atom. The highest BCUT2D eigenvalue weighted by Gasteiger charge is 2.13. The van der Waals surface area contributed by atoms with Crippen molar-refractivity contribution in [2.75, 3.05) is 6.26 Å². The Bertz CT molecular complexity index is 1280. The number of benzene rings is 2. The fraction of sp³-hybridized carbons (Fsp3) is 0.130. The van der Waals surface area contributed by atoms with Gasteiger partial charge in [-0.3, -0.25) is 9.78 Å². The topological polar surface area (TPSA) is 59.4 Å². The van der Waals surface area contributed by atoms with Crippen LogP contribution in [0.4, 0.5) is 4.39 Å². The molecule has 0 aliphatic rings. The highest BCUT2D eigenvalue weighted by Crippen LogP contribution is 2.17. The van der Waals surface area contributed by atoms with Crippen LogP contribution in [0.5, 0.6) is 0 Å². The first-order valence-electron chi connectivity index (χ1n) is 8.81. The van der Waals surface area contributed by atoms with Crippen molar-refractivity contribution in [3.63, 3.8) is 0 Å². The molecule has 0 saturated heterocycles. The summed E-state index contributed by atoms with van der Waals surface area (Å²) >= 11 is 0. The molecule has 0 bridgehead atoms. The third-order valence-corrected chi connectivity index (χ3v) is 5.98. The number of aryl methyl sites for hydroxylation is 2. The summed E-state index contributed by atoms with van der Waals surface area (Å²) < 4.78 is 30.2. The second-order valence-electron chi connectivity index (χ2n) is 6.67. The van der Waals surface area contributed by atoms with E-state index in [1.807, 2.05) is 19.9 Å². The van der Waals surface area contributed by atoms with E-state index >= 15 is 0 Å². The van der Waals surface area contributed by atoms with Crippen LogP contribution in [-0.2, 0) is 9.73 Å². The van der Waals surface area contributed by atoms with Crippen LogP contribution < -0.4 is 0 Å². The van der Waals surface area contributed by atoms with E-state index in [9.17, 15) is 13.4 Å². The summed E-state index contributed by atoms with van der Waals surface area (Å²) in [5.41, 5.74) is 3.23. The monoisotopic (exact) mass is 406 g/mol. The van der Waals surface area contributed by atoms with Gasteiger partial charge in [-0.1, -0.05) is 24.0 Å². The molecule has 0 radical (unpaired) electrons. The van der Waals surface area contributed by atoms with Gasteiger partial charge in [-0.25, -0.2) is 8.60 Å². The number of nitrogens with zero attached hydrogens (tertiary/aromatic N) is 2. The van der Waals surface area contributed by atoms with E-state index in [1.165, 1.54) is 36.8 Å². The zero-order valence-electron chi connectivity index (χ0n) is 16.3. The van der Waals surface area contributed by atoms with Crippen LogP contribution in [0.15, 0.2) is 70.2 Å². The van der Waals surface area contributed by atoms with Gasteiger partial charge < -0.3 is 0 Å². The molecule has 146 valence electrons. The second-order valence-corrected chi connectivity index (χ2v) is 8.93. The average Bonchev–Trinajstić information content (AvgIpc) is 2.68. The number of pyridine rings is 1. The zero-order chi connectivity index (χ0) is 21.0. The number of hydrogen-bond donors (Lipinski definition) is 0. The van der Waals surface area contributed by atoms with Crippen molar-refractivity contribution in [2.24, 2.45) is 4.36 Å². The van der Waals surface area contributed by atoms with Crippen molar-refractivity contribution in [1.29, 1.82) is 0 Å². The molecule has 1 atom stereocenters. The van der Waals surface area contributed by atoms with E-state index < -0.39 is 15.6 Å². The molecule has 0 fully saturated rings. The van der Waals surface area contributed by atoms with Crippen LogP contribution in [0, 0.1) is 31.5 Å². The average molecular weight is 406 g/mol. The summed E-state index contributed by atoms with van der Waals surface area (Å²) in [6.07, 6.45) is 4.29. The maximum absolute atomic E-state index is 13.2. The number of carbonyl (C=O) groups is 1. The van der Waals surface area contributed by atoms with Crippen molar-refractivity contribution in [3.05, 3.63) is 94.6 Å². The Morgan fingerprint density at radius 2 is 1.76 bits per heavy atom. The first-order valence-corrected chi connectivity index (χ1v) is 10.7. The molecule has 3 aromatic rings. The number of aromatic nitrogens is 1. The summed E-state index contributed by atoms with van der Waals surface area (Å²) in [6, 6.07) is 12.8. The van der Waals surface area contributed by atoms with E-state index in [2.05, 4.69) is 21.2 Å². The summed E-state index contributed by atoms with van der Waals surface area (Å²) in [5, 5.41) is 0. The molecule has 0 saturated carbocycles. The van der Waals surface area contributed by atoms with Crippen LogP contribution in [0.3, 0.4) is 0 Å². The lowest BCUT2D eigenvalue weighted by Crippen LogP contribution is -2.05. The first kappa shape index (κ1) is 20.4. The van der Waals surface area contributed by atoms with E-state index in [0.29, 0.717) is 16.0 Å². The highest BCUT2D eigenvalue weighted by atomic mass is 32.2. The van der Waals surface area contributed by atoms with Crippen molar-refractivity contribution in [3.8, 4) is 11.8 Å². The quantitative estimate of drug-likeness (QED) is 0.587. The number of halogens is 1. The fourth-order valence-corrected chi connectivity index (χ4v) is 3.79. The van der Waals surface area contributed by atoms with Gasteiger partial charge in [-0.15, -0.1) is 0 Å². The fourth-order valence-electron chi connectivity index (χ4n) is 2.55. The molecular weight excluding hydrogens is 387 g/mol. The van der Waals surface area contributed by atoms with E-state index in [1.54, 1.807) is 24.3 Å². The Hall–Kier alpha value is -3.30. The van der Waals surface area contributed by atoms with E-state index in [0.717, 1.165) is 11.1 Å². The zero-order valence-corrected chi connectivity index (χ0v) is 17.1. The molecule has 29 heavy (non-hydrogen) atoms. The number of rotatable bonds is 2. The van der Waals surface area contributed by atoms with Crippen LogP contribution >= 0.6 is 0 Å². The van der Waals surface area contributed by atoms with Gasteiger partial charge in [0.1, 0.15) is 5.82 Å². The van der Waals surface area contributed by atoms with Gasteiger partial charge in [0, 0.05) is 34.7 Å². The van der Waals surface area contributed by atoms with Crippen LogP contribution in [0.25, 0.3) is 0 Å². The molecule has 0 aliphatic heterocycles. The SMILES string of the molecule is Cc1ccc(S(C)(=O)=NC(=O)c2cncc(C#Cc3cccc(F)c3)c2)cc1C. The van der Waals surface area contributed by atoms with Crippen molar-refractivity contribution in [1.82, 2.24) is 4.98 Å². The first-order chi connectivity index (χ1) is 13.7. The number of hydrogen-bond acceptors (Lipinski definition) is 3. The molecule has 6 heteroatoms. The smallest absolute Gasteiger partial charge is 0.266 e. The summed E-state index contributed by atoms with van der Waals surface area (Å²) in [7, 11) is -2.90. The minimum absolute atomic E-state index is 0.189. The minimum atomic E-state index is -2.90. The Balaban J connectivity index is 1.90. The van der Waals surface area contributed by atoms with Gasteiger partial charge in [0.15, 0.2) is 0 Å². The van der Waals surface area contributed by atoms with E-state index in [-0.39, 0.29) is 11.4 Å². The predicted octanol–water partition coefficient (Wildman–Crippen LogP) is 4.53. The molecule has 3 rings (SSSR count). The normalized spacial score (nSPS) is 12.4. The van der Waals surface area contributed by atoms with Crippen LogP contribution in [0.1, 0.15) is 32.6 Å². The van der Waals surface area contributed by atoms with Crippen LogP contribution in [0.2, 0.25) is 0 Å². The third-order valence-electron chi connectivity index (χ3n) is 4.33. The lowest BCUT2D eigenvalue weighted by atomic mass is 10.1. The maximum Gasteiger partial charge on any atom is 0.286 e. The summed E-state index contributed by atoms with van der Waals surface area (Å²) in [5.74, 6) is 4.67. The molecule has 4 nitrogen and oxygen atoms in total. The van der Waals surface area contributed by atoms with Gasteiger partial charge in [0.05, 0.1) is 15.3 Å². The van der Waals surface area contributed by atoms with Crippen LogP contribution in [-0.4, -0.2) is 21.4 Å². The predicted molar refractivity (Wildman–Crippen MR) is 112 cm³/mol. The Labute approximate surface area is 170 Å². The standard InChI is InChI=1S/C23H19FN2O2S/c1-16-7-10-22(11-17(16)2)29(3,28)26-23(27)20-12-19(14-25-15-20)9-8-18-5-4-6-21(24)13-18/h4-7,10-15H,1-3H3. The Morgan fingerprint density at radius 1 is 1.00 bits per heavy atom. The molecule has 0 aliphatic carbocycles. The van der Waals surface area contributed by atoms with Crippen molar-refractivity contribution in [2.45, 2.75) is 18.7 Å². The molecule has 1 amide bonds. The van der Waals surface area contributed by atoms with Gasteiger partial charge >= 0.3 is 0 Å². The van der Waals surface area contributed by atoms with E-state index in [4.69, 9.17) is 0 Å². The maximum atomic E-state index is 13.2. The van der Waals surface area contributed by atoms with Gasteiger partial charge in [0.25, 0.3) is 5.91 Å². The lowest BCUT2D eigenvalue weighted by molar-refractivity contribution is 0.100. The molecule has 1 unspecified atom stereocenters. The van der Waals surface area contributed by atoms with Crippen molar-refractivity contribution >= 4 is 15.6 Å². The number of carbonyl (C=O) groups excluding carboxylic acids is 1. The molecule has 1 heterocycles. The second kappa shape index (κ2) is 8.38. The molecule has 2 aromatic carbocycles. The van der Waals surface area contributed by atoms with Gasteiger partial charge in [-0.2, -0.15) is 4.36 Å². The Kier molecular flexibility index (Phi) is 5.90. The largest absolute Gasteiger partial charge is 0.286 e. The molecule has 0 spiro atoms. The summed E-state index contributed by atoms with van der Waals surface area (Å²) in [4.78, 5) is 17.1. The highest BCUT2D eigenvalue weighted by molar-refractivity contribution is 7.93. The number of amides is 1. The molecule has 0 N–H and O–H groups in total.